The fourth-order valence-electron chi connectivity index (χ4n) is 2.10. The summed E-state index contributed by atoms with van der Waals surface area (Å²) in [6.07, 6.45) is -3.08. The molecule has 1 aromatic rings. The Kier molecular flexibility index (Phi) is 6.19. The van der Waals surface area contributed by atoms with Gasteiger partial charge in [-0.15, -0.1) is 12.4 Å². The fourth-order valence-corrected chi connectivity index (χ4v) is 3.29. The topological polar surface area (TPSA) is 58.2 Å². The Hall–Kier alpha value is -0.900. The molecule has 1 aliphatic heterocycles. The summed E-state index contributed by atoms with van der Waals surface area (Å²) < 4.78 is 77.3. The van der Waals surface area contributed by atoms with Crippen LogP contribution in [0.1, 0.15) is 18.4 Å². The second-order valence-corrected chi connectivity index (χ2v) is 6.52. The van der Waals surface area contributed by atoms with E-state index in [2.05, 4.69) is 10.0 Å². The Labute approximate surface area is 131 Å². The van der Waals surface area contributed by atoms with Gasteiger partial charge in [0.05, 0.1) is 5.56 Å². The molecule has 1 unspecified atom stereocenters. The molecule has 10 heteroatoms. The van der Waals surface area contributed by atoms with E-state index in [1.807, 2.05) is 0 Å². The first-order chi connectivity index (χ1) is 9.70. The summed E-state index contributed by atoms with van der Waals surface area (Å²) in [5.41, 5.74) is -1.21. The largest absolute Gasteiger partial charge is 0.416 e. The molecule has 1 heterocycles. The number of halogens is 5. The lowest BCUT2D eigenvalue weighted by Gasteiger charge is -2.14. The van der Waals surface area contributed by atoms with Crippen LogP contribution in [0.3, 0.4) is 0 Å². The lowest BCUT2D eigenvalue weighted by molar-refractivity contribution is -0.137. The van der Waals surface area contributed by atoms with Crippen molar-refractivity contribution in [2.75, 3.05) is 13.1 Å². The van der Waals surface area contributed by atoms with Crippen molar-refractivity contribution >= 4 is 22.4 Å². The van der Waals surface area contributed by atoms with E-state index in [-0.39, 0.29) is 25.0 Å². The van der Waals surface area contributed by atoms with Crippen LogP contribution in [0.15, 0.2) is 23.1 Å². The average molecular weight is 363 g/mol. The van der Waals surface area contributed by atoms with Gasteiger partial charge in [-0.3, -0.25) is 0 Å². The molecule has 1 aliphatic rings. The summed E-state index contributed by atoms with van der Waals surface area (Å²) >= 11 is 0. The van der Waals surface area contributed by atoms with Crippen molar-refractivity contribution in [3.8, 4) is 0 Å². The van der Waals surface area contributed by atoms with Crippen LogP contribution >= 0.6 is 12.4 Å². The fraction of sp³-hybridized carbons (Fsp3) is 0.500. The number of hydrogen-bond donors (Lipinski definition) is 2. The Bertz CT molecular complexity index is 616. The maximum absolute atomic E-state index is 13.6. The summed E-state index contributed by atoms with van der Waals surface area (Å²) in [7, 11) is -4.33. The minimum Gasteiger partial charge on any atom is -0.313 e. The molecular formula is C12H15ClF4N2O2S. The molecule has 22 heavy (non-hydrogen) atoms. The highest BCUT2D eigenvalue weighted by Crippen LogP contribution is 2.31. The average Bonchev–Trinajstić information content (AvgIpc) is 2.88. The predicted molar refractivity (Wildman–Crippen MR) is 74.9 cm³/mol. The molecule has 2 N–H and O–H groups in total. The number of sulfonamides is 1. The molecule has 0 bridgehead atoms. The van der Waals surface area contributed by atoms with Crippen LogP contribution in [0.5, 0.6) is 0 Å². The molecule has 126 valence electrons. The zero-order chi connectivity index (χ0) is 15.7. The summed E-state index contributed by atoms with van der Waals surface area (Å²) in [4.78, 5) is -0.990. The van der Waals surface area contributed by atoms with Gasteiger partial charge >= 0.3 is 6.18 Å². The van der Waals surface area contributed by atoms with Crippen LogP contribution in [0.4, 0.5) is 17.6 Å². The van der Waals surface area contributed by atoms with E-state index in [1.165, 1.54) is 0 Å². The Morgan fingerprint density at radius 1 is 1.32 bits per heavy atom. The van der Waals surface area contributed by atoms with Gasteiger partial charge in [-0.05, 0) is 37.6 Å². The van der Waals surface area contributed by atoms with Gasteiger partial charge in [0, 0.05) is 12.6 Å². The second kappa shape index (κ2) is 7.12. The molecule has 1 fully saturated rings. The summed E-state index contributed by atoms with van der Waals surface area (Å²) in [5.74, 6) is -1.21. The molecule has 0 radical (unpaired) electrons. The SMILES string of the molecule is Cl.O=S(=O)(NCC1CCCN1)c1cc(C(F)(F)F)ccc1F. The molecule has 0 saturated carbocycles. The molecule has 2 rings (SSSR count). The molecule has 1 saturated heterocycles. The number of alkyl halides is 3. The molecular weight excluding hydrogens is 348 g/mol. The van der Waals surface area contributed by atoms with E-state index in [0.29, 0.717) is 18.2 Å². The Balaban J connectivity index is 0.00000242. The molecule has 0 aromatic heterocycles. The van der Waals surface area contributed by atoms with Crippen molar-refractivity contribution in [1.82, 2.24) is 10.0 Å². The summed E-state index contributed by atoms with van der Waals surface area (Å²) in [6.45, 7) is 0.766. The predicted octanol–water partition coefficient (Wildman–Crippen LogP) is 2.30. The van der Waals surface area contributed by atoms with Crippen molar-refractivity contribution in [1.29, 1.82) is 0 Å². The summed E-state index contributed by atoms with van der Waals surface area (Å²) in [6, 6.07) is 1.23. The minimum absolute atomic E-state index is 0. The van der Waals surface area contributed by atoms with Crippen molar-refractivity contribution in [3.63, 3.8) is 0 Å². The number of nitrogens with one attached hydrogen (secondary N) is 2. The van der Waals surface area contributed by atoms with Gasteiger partial charge in [0.25, 0.3) is 0 Å². The molecule has 0 aliphatic carbocycles. The third kappa shape index (κ3) is 4.55. The quantitative estimate of drug-likeness (QED) is 0.808. The third-order valence-corrected chi connectivity index (χ3v) is 4.67. The molecule has 1 aromatic carbocycles. The molecule has 0 spiro atoms. The molecule has 1 atom stereocenters. The van der Waals surface area contributed by atoms with Crippen LogP contribution in [0, 0.1) is 5.82 Å². The maximum Gasteiger partial charge on any atom is 0.416 e. The Morgan fingerprint density at radius 2 is 2.00 bits per heavy atom. The minimum atomic E-state index is -4.73. The molecule has 0 amide bonds. The van der Waals surface area contributed by atoms with E-state index < -0.39 is 32.5 Å². The normalized spacial score (nSPS) is 19.0. The van der Waals surface area contributed by atoms with Crippen molar-refractivity contribution in [2.45, 2.75) is 30.0 Å². The first-order valence-corrected chi connectivity index (χ1v) is 7.78. The number of benzene rings is 1. The molecule has 4 nitrogen and oxygen atoms in total. The van der Waals surface area contributed by atoms with Crippen LogP contribution in [-0.4, -0.2) is 27.5 Å². The maximum atomic E-state index is 13.6. The van der Waals surface area contributed by atoms with Crippen molar-refractivity contribution < 1.29 is 26.0 Å². The van der Waals surface area contributed by atoms with Crippen molar-refractivity contribution in [2.24, 2.45) is 0 Å². The number of rotatable bonds is 4. The first kappa shape index (κ1) is 19.1. The lowest BCUT2D eigenvalue weighted by atomic mass is 10.2. The first-order valence-electron chi connectivity index (χ1n) is 6.30. The van der Waals surface area contributed by atoms with Crippen LogP contribution in [0.2, 0.25) is 0 Å². The van der Waals surface area contributed by atoms with Crippen molar-refractivity contribution in [3.05, 3.63) is 29.6 Å². The van der Waals surface area contributed by atoms with Gasteiger partial charge in [-0.2, -0.15) is 13.2 Å². The van der Waals surface area contributed by atoms with Gasteiger partial charge in [0.2, 0.25) is 10.0 Å². The van der Waals surface area contributed by atoms with E-state index in [1.54, 1.807) is 0 Å². The van der Waals surface area contributed by atoms with Gasteiger partial charge in [0.1, 0.15) is 10.7 Å². The van der Waals surface area contributed by atoms with E-state index in [4.69, 9.17) is 0 Å². The highest BCUT2D eigenvalue weighted by Gasteiger charge is 2.33. The van der Waals surface area contributed by atoms with Crippen LogP contribution in [0.25, 0.3) is 0 Å². The smallest absolute Gasteiger partial charge is 0.313 e. The Morgan fingerprint density at radius 3 is 2.55 bits per heavy atom. The third-order valence-electron chi connectivity index (χ3n) is 3.23. The van der Waals surface area contributed by atoms with Crippen LogP contribution in [-0.2, 0) is 16.2 Å². The zero-order valence-electron chi connectivity index (χ0n) is 11.3. The zero-order valence-corrected chi connectivity index (χ0v) is 12.9. The van der Waals surface area contributed by atoms with E-state index >= 15 is 0 Å². The van der Waals surface area contributed by atoms with Crippen LogP contribution < -0.4 is 10.0 Å². The van der Waals surface area contributed by atoms with E-state index in [0.717, 1.165) is 19.4 Å². The standard InChI is InChI=1S/C12H14F4N2O2S.ClH/c13-10-4-3-8(12(14,15)16)6-11(10)21(19,20)18-7-9-2-1-5-17-9;/h3-4,6,9,17-18H,1-2,5,7H2;1H. The number of hydrogen-bond acceptors (Lipinski definition) is 3. The lowest BCUT2D eigenvalue weighted by Crippen LogP contribution is -2.37. The van der Waals surface area contributed by atoms with Gasteiger partial charge in [-0.1, -0.05) is 0 Å². The highest BCUT2D eigenvalue weighted by atomic mass is 35.5. The van der Waals surface area contributed by atoms with Gasteiger partial charge in [-0.25, -0.2) is 17.5 Å². The second-order valence-electron chi connectivity index (χ2n) is 4.79. The monoisotopic (exact) mass is 362 g/mol. The highest BCUT2D eigenvalue weighted by molar-refractivity contribution is 7.89. The van der Waals surface area contributed by atoms with Gasteiger partial charge < -0.3 is 5.32 Å². The summed E-state index contributed by atoms with van der Waals surface area (Å²) in [5, 5.41) is 3.03. The van der Waals surface area contributed by atoms with Gasteiger partial charge in [0.15, 0.2) is 0 Å². The van der Waals surface area contributed by atoms with E-state index in [9.17, 15) is 26.0 Å².